The number of likely N-dealkylation sites (N-methyl/N-ethyl adjacent to an activating group) is 2. The summed E-state index contributed by atoms with van der Waals surface area (Å²) in [7, 11) is 5.91. The van der Waals surface area contributed by atoms with Crippen molar-refractivity contribution in [3.05, 3.63) is 265 Å². The first-order valence-electron chi connectivity index (χ1n) is 31.5. The molecule has 24 heteroatoms. The fourth-order valence-corrected chi connectivity index (χ4v) is 25.3. The van der Waals surface area contributed by atoms with Crippen molar-refractivity contribution in [2.24, 2.45) is 0 Å². The Morgan fingerprint density at radius 2 is 0.735 bits per heavy atom. The molecule has 6 amide bonds. The van der Waals surface area contributed by atoms with E-state index in [0.717, 1.165) is 34.6 Å². The molecule has 102 heavy (non-hydrogen) atoms. The number of thiocarbonyl (C=S) groups is 1. The van der Waals surface area contributed by atoms with E-state index in [0.29, 0.717) is 0 Å². The van der Waals surface area contributed by atoms with E-state index >= 15 is 0 Å². The Bertz CT molecular complexity index is 4920. The van der Waals surface area contributed by atoms with Crippen molar-refractivity contribution in [2.45, 2.75) is 45.6 Å². The van der Waals surface area contributed by atoms with Crippen molar-refractivity contribution in [3.8, 4) is 0 Å². The van der Waals surface area contributed by atoms with Gasteiger partial charge >= 0.3 is 519 Å². The van der Waals surface area contributed by atoms with E-state index < -0.39 is 58.7 Å². The Morgan fingerprint density at radius 1 is 0.392 bits per heavy atom. The molecular formula is C78H59IN8O6S5Te4. The third-order valence-electron chi connectivity index (χ3n) is 16.1. The molecule has 14 nitrogen and oxygen atoms in total. The number of nitrogens with zero attached hydrogens (tertiary/aromatic N) is 7. The molecule has 508 valence electrons. The third kappa shape index (κ3) is 16.5. The Hall–Kier alpha value is -6.78. The molecule has 2 fully saturated rings. The zero-order valence-electron chi connectivity index (χ0n) is 54.7. The van der Waals surface area contributed by atoms with Gasteiger partial charge in [0.2, 0.25) is 11.8 Å². The maximum absolute atomic E-state index is 12.5. The molecule has 2 saturated heterocycles. The normalized spacial score (nSPS) is 14.2. The number of halogens is 1. The molecule has 6 aliphatic rings. The number of imide groups is 2. The van der Waals surface area contributed by atoms with Crippen LogP contribution in [0.5, 0.6) is 0 Å². The van der Waals surface area contributed by atoms with Crippen molar-refractivity contribution in [3.63, 3.8) is 0 Å². The molecule has 0 saturated carbocycles. The van der Waals surface area contributed by atoms with Gasteiger partial charge in [0.05, 0.1) is 11.4 Å². The summed E-state index contributed by atoms with van der Waals surface area (Å²) >= 11 is 13.0. The van der Waals surface area contributed by atoms with Gasteiger partial charge in [-0.1, -0.05) is 36.0 Å². The van der Waals surface area contributed by atoms with E-state index in [1.54, 1.807) is 33.5 Å². The van der Waals surface area contributed by atoms with E-state index in [1.165, 1.54) is 108 Å². The fourth-order valence-electron chi connectivity index (χ4n) is 11.1. The van der Waals surface area contributed by atoms with Gasteiger partial charge in [-0.05, 0) is 36.5 Å². The van der Waals surface area contributed by atoms with E-state index in [2.05, 4.69) is 257 Å². The van der Waals surface area contributed by atoms with Gasteiger partial charge in [-0.2, -0.15) is 0 Å². The number of para-hydroxylation sites is 8. The number of carbonyl (C=O) groups is 6. The van der Waals surface area contributed by atoms with Crippen LogP contribution < -0.4 is 20.0 Å². The monoisotopic (exact) mass is 2010 g/mol. The van der Waals surface area contributed by atoms with Crippen LogP contribution in [0.4, 0.5) is 61.4 Å². The second-order valence-electron chi connectivity index (χ2n) is 22.6. The number of rotatable bonds is 5. The van der Waals surface area contributed by atoms with Crippen molar-refractivity contribution < 1.29 is 28.8 Å². The Balaban J connectivity index is 0.000000116. The van der Waals surface area contributed by atoms with E-state index in [4.69, 9.17) is 12.2 Å². The van der Waals surface area contributed by atoms with Gasteiger partial charge in [-0.3, -0.25) is 19.4 Å². The number of urea groups is 1. The molecule has 18 rings (SSSR count). The second-order valence-corrected chi connectivity index (χ2v) is 42.3. The number of carbonyl (C=O) groups excluding carboxylic acids is 6. The van der Waals surface area contributed by atoms with Crippen LogP contribution in [0.3, 0.4) is 0 Å². The Morgan fingerprint density at radius 3 is 1.09 bits per heavy atom. The topological polar surface area (TPSA) is 137 Å². The number of fused-ring (bicyclic) bond motifs is 8. The molecule has 0 spiro atoms. The fraction of sp³-hybridized carbons (Fsp3) is 0.0641. The number of barbiturate groups is 1. The molecule has 0 radical (unpaired) electrons. The maximum atomic E-state index is 12.5. The van der Waals surface area contributed by atoms with Crippen LogP contribution in [0.1, 0.15) is 18.4 Å². The van der Waals surface area contributed by atoms with Crippen LogP contribution in [0.25, 0.3) is 6.08 Å². The summed E-state index contributed by atoms with van der Waals surface area (Å²) in [4.78, 5) is 91.8. The molecule has 4 aromatic heterocycles. The van der Waals surface area contributed by atoms with Gasteiger partial charge in [-0.25, -0.2) is 0 Å². The molecular weight excluding hydrogens is 1940 g/mol. The third-order valence-corrected chi connectivity index (χ3v) is 33.3. The molecule has 6 aliphatic heterocycles. The molecule has 0 unspecified atom stereocenters. The van der Waals surface area contributed by atoms with Gasteiger partial charge in [0, 0.05) is 23.9 Å². The smallest absolute Gasteiger partial charge is 0.0526 e. The number of aldehydes is 1. The van der Waals surface area contributed by atoms with Gasteiger partial charge in [0.15, 0.2) is 5.11 Å². The molecule has 12 aromatic rings. The first-order valence-corrected chi connectivity index (χ1v) is 45.9. The summed E-state index contributed by atoms with van der Waals surface area (Å²) in [6.45, 7) is 0. The standard InChI is InChI=1S/C23H17N3O3STe.C17H11NOSTe.C16H11NSTe.C12H9NS.C6H8N2O2S.C4H3ITe/c1-24-21(27)15(22(28)25(2)23(24)29)13-14-11-12-20(31-14)26-16-7-3-5-9-18(16)30-19-10-6-4-8-17(19)26;19-11-12-9-10-17(21-12)18-13-5-1-3-7-15(13)20-16-8-4-2-6-14(16)18;1-3-8-14-12(6-1)17(16-10-5-11-19-16)13-7-2-4-9-15(13)18-14;1-3-7-11-9(5-1)13-10-6-2-4-8-12(10)14-11;1-7-4(9)3-5(10)8(2)6(7)11;5-4-2-1-3-6-4/h3-13H,1-2H3;1-11H;1-11H;1-8,13H;3H2,1-2H3;1-3H. The molecule has 0 aliphatic carbocycles. The minimum absolute atomic E-state index is 0.0330. The molecule has 0 atom stereocenters. The number of anilines is 11. The number of nitrogens with one attached hydrogen (secondary N) is 1. The van der Waals surface area contributed by atoms with Crippen LogP contribution in [-0.4, -0.2) is 171 Å². The molecule has 0 bridgehead atoms. The molecule has 8 aromatic carbocycles. The largest absolute Gasteiger partial charge is 0.354 e. The van der Waals surface area contributed by atoms with Crippen LogP contribution >= 0.6 is 81.9 Å². The summed E-state index contributed by atoms with van der Waals surface area (Å²) in [5.74, 6) is -1.59. The number of benzene rings is 8. The predicted octanol–water partition coefficient (Wildman–Crippen LogP) is 18.1. The van der Waals surface area contributed by atoms with Crippen molar-refractivity contribution in [2.75, 3.05) is 48.2 Å². The van der Waals surface area contributed by atoms with Crippen LogP contribution in [0.2, 0.25) is 0 Å². The van der Waals surface area contributed by atoms with Crippen molar-refractivity contribution >= 4 is 267 Å². The summed E-state index contributed by atoms with van der Waals surface area (Å²) in [5.41, 5.74) is 9.81. The first-order chi connectivity index (χ1) is 49.6. The van der Waals surface area contributed by atoms with Crippen molar-refractivity contribution in [1.82, 2.24) is 19.6 Å². The first kappa shape index (κ1) is 73.5. The number of hydrogen-bond donors (Lipinski definition) is 1. The van der Waals surface area contributed by atoms with Crippen LogP contribution in [0, 0.1) is 1.59 Å². The second kappa shape index (κ2) is 34.0. The van der Waals surface area contributed by atoms with E-state index in [1.807, 2.05) is 71.7 Å². The molecule has 10 heterocycles. The summed E-state index contributed by atoms with van der Waals surface area (Å²) in [5, 5.41) is 3.69. The van der Waals surface area contributed by atoms with Gasteiger partial charge in [0.25, 0.3) is 0 Å². The summed E-state index contributed by atoms with van der Waals surface area (Å²) < 4.78 is 12.1. The number of amides is 6. The molecule has 1 N–H and O–H groups in total. The van der Waals surface area contributed by atoms with E-state index in [-0.39, 0.29) is 69.8 Å². The minimum atomic E-state index is -0.856. The van der Waals surface area contributed by atoms with Crippen molar-refractivity contribution in [1.29, 1.82) is 0 Å². The van der Waals surface area contributed by atoms with Gasteiger partial charge < -0.3 is 5.32 Å². The summed E-state index contributed by atoms with van der Waals surface area (Å²) in [6.07, 6.45) is 2.59. The maximum Gasteiger partial charge on any atom is 0.0526 e. The SMILES string of the molecule is CN1C(=O)C(=Cc2ccc(N3c4ccccc4Sc4ccccc43)[te]2)C(=O)N(C)C1=O.CN1C(=O)CC(=O)N(C)C1=S.Ic1ccc[te]1.O=Cc1ccc(N2c3ccccc3Sc3ccccc32)[te]1.c1c[te]c(N2c3ccccc3Sc3ccccc32)c1.c1ccc2c(c1)Nc1ccccc1S2. The number of hydrogen-bond acceptors (Lipinski definition) is 15. The average molecular weight is 2000 g/mol. The predicted molar refractivity (Wildman–Crippen MR) is 430 cm³/mol. The Labute approximate surface area is 666 Å². The zero-order chi connectivity index (χ0) is 71.0. The Kier molecular flexibility index (Phi) is 24.5. The summed E-state index contributed by atoms with van der Waals surface area (Å²) in [6, 6.07) is 84.0. The minimum Gasteiger partial charge on any atom is -0.354 e. The van der Waals surface area contributed by atoms with Crippen LogP contribution in [-0.2, 0) is 19.2 Å². The average Bonchev–Trinajstić information content (AvgIpc) is 1.39. The van der Waals surface area contributed by atoms with E-state index in [9.17, 15) is 28.8 Å². The van der Waals surface area contributed by atoms with Crippen LogP contribution in [0.15, 0.2) is 296 Å². The van der Waals surface area contributed by atoms with Gasteiger partial charge in [0.1, 0.15) is 6.42 Å². The zero-order valence-corrected chi connectivity index (χ0v) is 70.3. The van der Waals surface area contributed by atoms with Gasteiger partial charge in [-0.15, -0.1) is 0 Å². The quantitative estimate of drug-likeness (QED) is 0.0333.